The van der Waals surface area contributed by atoms with E-state index in [1.807, 2.05) is 0 Å². The number of rotatable bonds is 5. The Morgan fingerprint density at radius 2 is 2.19 bits per heavy atom. The van der Waals surface area contributed by atoms with Crippen molar-refractivity contribution in [3.8, 4) is 5.75 Å². The van der Waals surface area contributed by atoms with Crippen LogP contribution in [-0.4, -0.2) is 17.8 Å². The fraction of sp³-hybridized carbons (Fsp3) is 0.364. The largest absolute Gasteiger partial charge is 0.490 e. The summed E-state index contributed by atoms with van der Waals surface area (Å²) >= 11 is 0. The second kappa shape index (κ2) is 5.25. The van der Waals surface area contributed by atoms with Crippen LogP contribution < -0.4 is 4.74 Å². The zero-order chi connectivity index (χ0) is 12.1. The molecule has 0 spiro atoms. The molecule has 16 heavy (non-hydrogen) atoms. The summed E-state index contributed by atoms with van der Waals surface area (Å²) in [5.74, 6) is 0.301. The molecular weight excluding hydrogens is 210 g/mol. The molecule has 0 atom stereocenters. The van der Waals surface area contributed by atoms with Crippen LogP contribution in [0.2, 0.25) is 0 Å². The molecule has 1 aromatic rings. The second-order valence-electron chi connectivity index (χ2n) is 3.47. The van der Waals surface area contributed by atoms with E-state index in [1.165, 1.54) is 20.1 Å². The first kappa shape index (κ1) is 12.2. The third-order valence-corrected chi connectivity index (χ3v) is 2.21. The van der Waals surface area contributed by atoms with Gasteiger partial charge in [-0.25, -0.2) is 0 Å². The summed E-state index contributed by atoms with van der Waals surface area (Å²) in [7, 11) is 1.39. The molecule has 0 heterocycles. The van der Waals surface area contributed by atoms with E-state index >= 15 is 0 Å². The van der Waals surface area contributed by atoms with Gasteiger partial charge in [-0.1, -0.05) is 6.07 Å². The van der Waals surface area contributed by atoms with Crippen LogP contribution in [0.1, 0.15) is 18.9 Å². The number of aryl methyl sites for hydroxylation is 1. The van der Waals surface area contributed by atoms with Crippen LogP contribution in [0.25, 0.3) is 0 Å². The van der Waals surface area contributed by atoms with Crippen molar-refractivity contribution in [3.63, 3.8) is 0 Å². The number of hydrogen-bond acceptors (Lipinski definition) is 4. The monoisotopic (exact) mass is 223 g/mol. The lowest BCUT2D eigenvalue weighted by molar-refractivity contribution is -0.385. The smallest absolute Gasteiger partial charge is 0.311 e. The number of hydrogen-bond donors (Lipinski definition) is 0. The van der Waals surface area contributed by atoms with Gasteiger partial charge in [-0.3, -0.25) is 10.1 Å². The molecule has 0 saturated carbocycles. The molecule has 0 amide bonds. The molecule has 5 nitrogen and oxygen atoms in total. The quantitative estimate of drug-likeness (QED) is 0.566. The minimum absolute atomic E-state index is 0.0662. The number of nitrogens with zero attached hydrogens (tertiary/aromatic N) is 1. The van der Waals surface area contributed by atoms with E-state index in [-0.39, 0.29) is 17.2 Å². The number of ether oxygens (including phenoxy) is 1. The number of Topliss-reactive ketones (excluding diaryl/α,β-unsaturated/α-hetero) is 1. The number of methoxy groups -OCH3 is 1. The highest BCUT2D eigenvalue weighted by atomic mass is 16.6. The van der Waals surface area contributed by atoms with Crippen molar-refractivity contribution in [1.82, 2.24) is 0 Å². The Hall–Kier alpha value is -1.91. The fourth-order valence-electron chi connectivity index (χ4n) is 1.35. The molecule has 0 aliphatic rings. The van der Waals surface area contributed by atoms with E-state index in [0.717, 1.165) is 5.56 Å². The highest BCUT2D eigenvalue weighted by molar-refractivity contribution is 5.75. The minimum atomic E-state index is -0.490. The molecule has 0 aliphatic heterocycles. The summed E-state index contributed by atoms with van der Waals surface area (Å²) < 4.78 is 4.88. The topological polar surface area (TPSA) is 69.4 Å². The van der Waals surface area contributed by atoms with Gasteiger partial charge in [-0.05, 0) is 25.0 Å². The summed E-state index contributed by atoms with van der Waals surface area (Å²) in [4.78, 5) is 21.0. The van der Waals surface area contributed by atoms with Gasteiger partial charge < -0.3 is 9.53 Å². The average molecular weight is 223 g/mol. The Bertz CT molecular complexity index is 414. The molecule has 0 aliphatic carbocycles. The first-order valence-corrected chi connectivity index (χ1v) is 4.85. The Kier molecular flexibility index (Phi) is 3.99. The lowest BCUT2D eigenvalue weighted by atomic mass is 10.1. The maximum atomic E-state index is 10.8. The third kappa shape index (κ3) is 3.05. The number of benzene rings is 1. The number of carbonyl (C=O) groups is 1. The van der Waals surface area contributed by atoms with Gasteiger partial charge >= 0.3 is 5.69 Å². The summed E-state index contributed by atoms with van der Waals surface area (Å²) in [6.07, 6.45) is 0.906. The Labute approximate surface area is 93.2 Å². The van der Waals surface area contributed by atoms with Crippen LogP contribution in [-0.2, 0) is 11.2 Å². The number of nitro groups is 1. The molecule has 0 radical (unpaired) electrons. The van der Waals surface area contributed by atoms with E-state index in [2.05, 4.69) is 0 Å². The van der Waals surface area contributed by atoms with Crippen LogP contribution in [0.15, 0.2) is 18.2 Å². The molecule has 0 N–H and O–H groups in total. The van der Waals surface area contributed by atoms with E-state index in [1.54, 1.807) is 12.1 Å². The van der Waals surface area contributed by atoms with Crippen LogP contribution in [0.5, 0.6) is 5.75 Å². The van der Waals surface area contributed by atoms with Gasteiger partial charge in [0.15, 0.2) is 5.75 Å². The van der Waals surface area contributed by atoms with Crippen LogP contribution in [0.4, 0.5) is 5.69 Å². The minimum Gasteiger partial charge on any atom is -0.490 e. The maximum Gasteiger partial charge on any atom is 0.311 e. The predicted octanol–water partition coefficient (Wildman–Crippen LogP) is 2.12. The zero-order valence-corrected chi connectivity index (χ0v) is 9.23. The summed E-state index contributed by atoms with van der Waals surface area (Å²) in [6.45, 7) is 1.50. The van der Waals surface area contributed by atoms with E-state index < -0.39 is 4.92 Å². The average Bonchev–Trinajstić information content (AvgIpc) is 2.25. The predicted molar refractivity (Wildman–Crippen MR) is 58.7 cm³/mol. The molecule has 0 fully saturated rings. The van der Waals surface area contributed by atoms with Gasteiger partial charge in [-0.2, -0.15) is 0 Å². The van der Waals surface area contributed by atoms with Crippen molar-refractivity contribution in [3.05, 3.63) is 33.9 Å². The lowest BCUT2D eigenvalue weighted by Gasteiger charge is -2.04. The van der Waals surface area contributed by atoms with Gasteiger partial charge in [0.2, 0.25) is 0 Å². The van der Waals surface area contributed by atoms with Gasteiger partial charge in [0.05, 0.1) is 12.0 Å². The van der Waals surface area contributed by atoms with E-state index in [9.17, 15) is 14.9 Å². The Balaban J connectivity index is 2.93. The highest BCUT2D eigenvalue weighted by Gasteiger charge is 2.14. The van der Waals surface area contributed by atoms with Crippen molar-refractivity contribution in [2.24, 2.45) is 0 Å². The van der Waals surface area contributed by atoms with Crippen LogP contribution >= 0.6 is 0 Å². The van der Waals surface area contributed by atoms with Gasteiger partial charge in [0.25, 0.3) is 0 Å². The Morgan fingerprint density at radius 1 is 1.50 bits per heavy atom. The molecule has 86 valence electrons. The summed E-state index contributed by atoms with van der Waals surface area (Å²) in [5, 5.41) is 10.7. The fourth-order valence-corrected chi connectivity index (χ4v) is 1.35. The molecule has 0 bridgehead atoms. The zero-order valence-electron chi connectivity index (χ0n) is 9.23. The van der Waals surface area contributed by atoms with Crippen molar-refractivity contribution >= 4 is 11.5 Å². The van der Waals surface area contributed by atoms with Crippen LogP contribution in [0, 0.1) is 10.1 Å². The standard InChI is InChI=1S/C11H13NO4/c1-8(13)3-4-9-5-6-11(16-2)10(7-9)12(14)15/h5-7H,3-4H2,1-2H3. The highest BCUT2D eigenvalue weighted by Crippen LogP contribution is 2.27. The Morgan fingerprint density at radius 3 is 2.69 bits per heavy atom. The normalized spacial score (nSPS) is 9.88. The van der Waals surface area contributed by atoms with E-state index in [4.69, 9.17) is 4.74 Å². The SMILES string of the molecule is COc1ccc(CCC(C)=O)cc1[N+](=O)[O-]. The third-order valence-electron chi connectivity index (χ3n) is 2.21. The number of carbonyl (C=O) groups excluding carboxylic acids is 1. The first-order chi connectivity index (χ1) is 7.54. The van der Waals surface area contributed by atoms with Gasteiger partial charge in [-0.15, -0.1) is 0 Å². The molecule has 5 heteroatoms. The van der Waals surface area contributed by atoms with Crippen molar-refractivity contribution < 1.29 is 14.5 Å². The van der Waals surface area contributed by atoms with Crippen molar-refractivity contribution in [1.29, 1.82) is 0 Å². The van der Waals surface area contributed by atoms with Gasteiger partial charge in [0.1, 0.15) is 5.78 Å². The molecular formula is C11H13NO4. The van der Waals surface area contributed by atoms with Crippen LogP contribution in [0.3, 0.4) is 0 Å². The molecule has 0 aromatic heterocycles. The maximum absolute atomic E-state index is 10.8. The molecule has 0 saturated heterocycles. The molecule has 0 unspecified atom stereocenters. The number of nitro benzene ring substituents is 1. The number of ketones is 1. The second-order valence-corrected chi connectivity index (χ2v) is 3.47. The lowest BCUT2D eigenvalue weighted by Crippen LogP contribution is -1.97. The summed E-state index contributed by atoms with van der Waals surface area (Å²) in [5.41, 5.74) is 0.700. The summed E-state index contributed by atoms with van der Waals surface area (Å²) in [6, 6.07) is 4.73. The van der Waals surface area contributed by atoms with Crippen molar-refractivity contribution in [2.45, 2.75) is 19.8 Å². The first-order valence-electron chi connectivity index (χ1n) is 4.85. The van der Waals surface area contributed by atoms with E-state index in [0.29, 0.717) is 12.8 Å². The molecule has 1 rings (SSSR count). The van der Waals surface area contributed by atoms with Crippen molar-refractivity contribution in [2.75, 3.05) is 7.11 Å². The molecule has 1 aromatic carbocycles. The van der Waals surface area contributed by atoms with Gasteiger partial charge in [0, 0.05) is 12.5 Å².